The second kappa shape index (κ2) is 5.64. The maximum Gasteiger partial charge on any atom is 0.226 e. The van der Waals surface area contributed by atoms with Crippen LogP contribution in [0.1, 0.15) is 65.7 Å². The van der Waals surface area contributed by atoms with E-state index >= 15 is 0 Å². The molecule has 1 aliphatic carbocycles. The molecule has 2 fully saturated rings. The van der Waals surface area contributed by atoms with Gasteiger partial charge in [-0.25, -0.2) is 0 Å². The van der Waals surface area contributed by atoms with E-state index in [1.54, 1.807) is 6.92 Å². The average molecular weight is 265 g/mol. The van der Waals surface area contributed by atoms with Crippen molar-refractivity contribution in [2.24, 2.45) is 11.3 Å². The standard InChI is InChI=1S/C16H27NO2/c1-12(18)11-13-7-6-10-17(13)15(19)14-8-4-5-9-16(14,2)3/h13-14H,4-11H2,1-3H3. The molecule has 1 saturated heterocycles. The highest BCUT2D eigenvalue weighted by molar-refractivity contribution is 5.82. The summed E-state index contributed by atoms with van der Waals surface area (Å²) in [6.45, 7) is 6.93. The summed E-state index contributed by atoms with van der Waals surface area (Å²) in [5.41, 5.74) is 0.124. The van der Waals surface area contributed by atoms with E-state index in [-0.39, 0.29) is 23.2 Å². The fraction of sp³-hybridized carbons (Fsp3) is 0.875. The first kappa shape index (κ1) is 14.5. The monoisotopic (exact) mass is 265 g/mol. The van der Waals surface area contributed by atoms with Gasteiger partial charge >= 0.3 is 0 Å². The van der Waals surface area contributed by atoms with Gasteiger partial charge in [0.2, 0.25) is 5.91 Å². The van der Waals surface area contributed by atoms with Gasteiger partial charge in [-0.05, 0) is 38.0 Å². The molecule has 108 valence electrons. The molecular weight excluding hydrogens is 238 g/mol. The van der Waals surface area contributed by atoms with Crippen molar-refractivity contribution in [3.05, 3.63) is 0 Å². The third-order valence-electron chi connectivity index (χ3n) is 4.99. The van der Waals surface area contributed by atoms with Gasteiger partial charge in [0.25, 0.3) is 0 Å². The van der Waals surface area contributed by atoms with Crippen LogP contribution in [0.3, 0.4) is 0 Å². The molecule has 0 aromatic carbocycles. The van der Waals surface area contributed by atoms with Crippen molar-refractivity contribution >= 4 is 11.7 Å². The predicted molar refractivity (Wildman–Crippen MR) is 75.8 cm³/mol. The Bertz CT molecular complexity index is 362. The van der Waals surface area contributed by atoms with Crippen LogP contribution in [-0.2, 0) is 9.59 Å². The molecule has 2 rings (SSSR count). The number of carbonyl (C=O) groups excluding carboxylic acids is 2. The highest BCUT2D eigenvalue weighted by atomic mass is 16.2. The Kier molecular flexibility index (Phi) is 4.32. The molecule has 3 nitrogen and oxygen atoms in total. The lowest BCUT2D eigenvalue weighted by Gasteiger charge is -2.40. The molecular formula is C16H27NO2. The lowest BCUT2D eigenvalue weighted by atomic mass is 9.68. The summed E-state index contributed by atoms with van der Waals surface area (Å²) in [4.78, 5) is 26.2. The van der Waals surface area contributed by atoms with Gasteiger partial charge in [0.1, 0.15) is 5.78 Å². The molecule has 1 heterocycles. The van der Waals surface area contributed by atoms with E-state index in [2.05, 4.69) is 13.8 Å². The zero-order valence-electron chi connectivity index (χ0n) is 12.6. The number of likely N-dealkylation sites (tertiary alicyclic amines) is 1. The van der Waals surface area contributed by atoms with E-state index < -0.39 is 0 Å². The summed E-state index contributed by atoms with van der Waals surface area (Å²) in [7, 11) is 0. The Hall–Kier alpha value is -0.860. The van der Waals surface area contributed by atoms with Crippen molar-refractivity contribution in [3.63, 3.8) is 0 Å². The molecule has 2 atom stereocenters. The first-order valence-electron chi connectivity index (χ1n) is 7.72. The molecule has 0 aromatic rings. The molecule has 3 heteroatoms. The van der Waals surface area contributed by atoms with Gasteiger partial charge in [0.15, 0.2) is 0 Å². The SMILES string of the molecule is CC(=O)CC1CCCN1C(=O)C1CCCCC1(C)C. The van der Waals surface area contributed by atoms with Crippen LogP contribution in [0.25, 0.3) is 0 Å². The van der Waals surface area contributed by atoms with Crippen molar-refractivity contribution in [2.75, 3.05) is 6.54 Å². The summed E-state index contributed by atoms with van der Waals surface area (Å²) in [6, 6.07) is 0.169. The van der Waals surface area contributed by atoms with Gasteiger partial charge in [-0.3, -0.25) is 9.59 Å². The van der Waals surface area contributed by atoms with Crippen LogP contribution in [0.5, 0.6) is 0 Å². The zero-order chi connectivity index (χ0) is 14.0. The minimum Gasteiger partial charge on any atom is -0.339 e. The minimum absolute atomic E-state index is 0.124. The van der Waals surface area contributed by atoms with E-state index in [0.29, 0.717) is 12.3 Å². The molecule has 2 unspecified atom stereocenters. The van der Waals surface area contributed by atoms with E-state index in [1.165, 1.54) is 12.8 Å². The zero-order valence-corrected chi connectivity index (χ0v) is 12.6. The smallest absolute Gasteiger partial charge is 0.226 e. The molecule has 0 spiro atoms. The first-order valence-corrected chi connectivity index (χ1v) is 7.72. The van der Waals surface area contributed by atoms with Crippen molar-refractivity contribution in [1.29, 1.82) is 0 Å². The number of Topliss-reactive ketones (excluding diaryl/α,β-unsaturated/α-hetero) is 1. The summed E-state index contributed by atoms with van der Waals surface area (Å²) < 4.78 is 0. The van der Waals surface area contributed by atoms with Crippen LogP contribution < -0.4 is 0 Å². The fourth-order valence-corrected chi connectivity index (χ4v) is 3.82. The summed E-state index contributed by atoms with van der Waals surface area (Å²) in [5, 5.41) is 0. The van der Waals surface area contributed by atoms with Gasteiger partial charge in [-0.15, -0.1) is 0 Å². The quantitative estimate of drug-likeness (QED) is 0.786. The number of hydrogen-bond donors (Lipinski definition) is 0. The molecule has 0 bridgehead atoms. The van der Waals surface area contributed by atoms with Crippen LogP contribution in [0, 0.1) is 11.3 Å². The minimum atomic E-state index is 0.124. The van der Waals surface area contributed by atoms with Gasteiger partial charge in [-0.1, -0.05) is 26.7 Å². The lowest BCUT2D eigenvalue weighted by molar-refractivity contribution is -0.142. The number of nitrogens with zero attached hydrogens (tertiary/aromatic N) is 1. The van der Waals surface area contributed by atoms with Crippen LogP contribution in [0.15, 0.2) is 0 Å². The molecule has 1 aliphatic heterocycles. The molecule has 1 amide bonds. The third kappa shape index (κ3) is 3.18. The Morgan fingerprint density at radius 3 is 2.53 bits per heavy atom. The third-order valence-corrected chi connectivity index (χ3v) is 4.99. The Morgan fingerprint density at radius 2 is 1.89 bits per heavy atom. The Morgan fingerprint density at radius 1 is 1.16 bits per heavy atom. The molecule has 0 N–H and O–H groups in total. The van der Waals surface area contributed by atoms with Gasteiger partial charge < -0.3 is 4.90 Å². The van der Waals surface area contributed by atoms with Gasteiger partial charge in [0.05, 0.1) is 0 Å². The topological polar surface area (TPSA) is 37.4 Å². The van der Waals surface area contributed by atoms with Crippen LogP contribution in [0.4, 0.5) is 0 Å². The highest BCUT2D eigenvalue weighted by Gasteiger charge is 2.41. The van der Waals surface area contributed by atoms with Crippen molar-refractivity contribution in [3.8, 4) is 0 Å². The van der Waals surface area contributed by atoms with Crippen LogP contribution >= 0.6 is 0 Å². The van der Waals surface area contributed by atoms with Crippen LogP contribution in [-0.4, -0.2) is 29.2 Å². The fourth-order valence-electron chi connectivity index (χ4n) is 3.82. The second-order valence-electron chi connectivity index (χ2n) is 7.02. The molecule has 0 radical (unpaired) electrons. The van der Waals surface area contributed by atoms with Crippen molar-refractivity contribution < 1.29 is 9.59 Å². The number of carbonyl (C=O) groups is 2. The summed E-state index contributed by atoms with van der Waals surface area (Å²) in [5.74, 6) is 0.676. The van der Waals surface area contributed by atoms with Crippen molar-refractivity contribution in [1.82, 2.24) is 4.90 Å². The summed E-state index contributed by atoms with van der Waals surface area (Å²) >= 11 is 0. The van der Waals surface area contributed by atoms with E-state index in [1.807, 2.05) is 4.90 Å². The number of rotatable bonds is 3. The van der Waals surface area contributed by atoms with Gasteiger partial charge in [-0.2, -0.15) is 0 Å². The maximum atomic E-state index is 12.8. The lowest BCUT2D eigenvalue weighted by Crippen LogP contribution is -2.46. The Labute approximate surface area is 116 Å². The maximum absolute atomic E-state index is 12.8. The molecule has 0 aromatic heterocycles. The predicted octanol–water partition coefficient (Wildman–Crippen LogP) is 3.17. The van der Waals surface area contributed by atoms with E-state index in [4.69, 9.17) is 0 Å². The van der Waals surface area contributed by atoms with E-state index in [0.717, 1.165) is 32.2 Å². The molecule has 2 aliphatic rings. The molecule has 19 heavy (non-hydrogen) atoms. The van der Waals surface area contributed by atoms with Crippen LogP contribution in [0.2, 0.25) is 0 Å². The number of amides is 1. The number of hydrogen-bond acceptors (Lipinski definition) is 2. The summed E-state index contributed by atoms with van der Waals surface area (Å²) in [6.07, 6.45) is 7.18. The Balaban J connectivity index is 2.07. The largest absolute Gasteiger partial charge is 0.339 e. The normalized spacial score (nSPS) is 30.4. The van der Waals surface area contributed by atoms with E-state index in [9.17, 15) is 9.59 Å². The van der Waals surface area contributed by atoms with Gasteiger partial charge in [0, 0.05) is 24.9 Å². The first-order chi connectivity index (χ1) is 8.92. The average Bonchev–Trinajstić information content (AvgIpc) is 2.75. The highest BCUT2D eigenvalue weighted by Crippen LogP contribution is 2.42. The number of ketones is 1. The second-order valence-corrected chi connectivity index (χ2v) is 7.02. The molecule has 1 saturated carbocycles. The van der Waals surface area contributed by atoms with Crippen molar-refractivity contribution in [2.45, 2.75) is 71.8 Å².